The van der Waals surface area contributed by atoms with Gasteiger partial charge in [0, 0.05) is 33.4 Å². The highest BCUT2D eigenvalue weighted by molar-refractivity contribution is 7.99. The Morgan fingerprint density at radius 1 is 1.17 bits per heavy atom. The zero-order chi connectivity index (χ0) is 20.8. The van der Waals surface area contributed by atoms with Gasteiger partial charge in [-0.3, -0.25) is 4.79 Å². The molecule has 0 unspecified atom stereocenters. The van der Waals surface area contributed by atoms with Gasteiger partial charge < -0.3 is 4.57 Å². The van der Waals surface area contributed by atoms with Crippen molar-refractivity contribution in [1.29, 1.82) is 0 Å². The number of thioether (sulfide) groups is 1. The second-order valence-electron chi connectivity index (χ2n) is 6.55. The number of carbonyl (C=O) groups excluding carboxylic acids is 1. The zero-order valence-electron chi connectivity index (χ0n) is 16.2. The Bertz CT molecular complexity index is 1010. The SMILES string of the molecule is Cc1cc(/C=N\NC(=O)CSCc2ccc(Cl)cc2)c(C)n1-c1ccc(F)cc1. The van der Waals surface area contributed by atoms with Crippen LogP contribution < -0.4 is 5.43 Å². The Kier molecular flexibility index (Phi) is 7.12. The van der Waals surface area contributed by atoms with E-state index >= 15 is 0 Å². The molecule has 0 spiro atoms. The van der Waals surface area contributed by atoms with E-state index in [4.69, 9.17) is 11.6 Å². The zero-order valence-corrected chi connectivity index (χ0v) is 17.7. The normalized spacial score (nSPS) is 11.2. The van der Waals surface area contributed by atoms with Crippen LogP contribution in [0, 0.1) is 19.7 Å². The summed E-state index contributed by atoms with van der Waals surface area (Å²) in [6.07, 6.45) is 1.63. The molecule has 0 aliphatic heterocycles. The van der Waals surface area contributed by atoms with Crippen LogP contribution in [0.4, 0.5) is 4.39 Å². The van der Waals surface area contributed by atoms with E-state index in [0.29, 0.717) is 10.8 Å². The number of nitrogens with zero attached hydrogens (tertiary/aromatic N) is 2. The maximum atomic E-state index is 13.2. The van der Waals surface area contributed by atoms with E-state index in [-0.39, 0.29) is 11.7 Å². The van der Waals surface area contributed by atoms with Crippen molar-refractivity contribution in [2.45, 2.75) is 19.6 Å². The summed E-state index contributed by atoms with van der Waals surface area (Å²) in [5.74, 6) is 0.615. The van der Waals surface area contributed by atoms with E-state index in [9.17, 15) is 9.18 Å². The fraction of sp³-hybridized carbons (Fsp3) is 0.182. The van der Waals surface area contributed by atoms with Gasteiger partial charge in [0.15, 0.2) is 0 Å². The summed E-state index contributed by atoms with van der Waals surface area (Å²) < 4.78 is 15.2. The van der Waals surface area contributed by atoms with E-state index in [1.807, 2.05) is 48.7 Å². The Labute approximate surface area is 178 Å². The highest BCUT2D eigenvalue weighted by atomic mass is 35.5. The quantitative estimate of drug-likeness (QED) is 0.410. The third-order valence-corrected chi connectivity index (χ3v) is 5.62. The molecule has 150 valence electrons. The fourth-order valence-corrected chi connectivity index (χ4v) is 3.86. The number of halogens is 2. The highest BCUT2D eigenvalue weighted by Gasteiger charge is 2.09. The minimum Gasteiger partial charge on any atom is -0.318 e. The van der Waals surface area contributed by atoms with Crippen LogP contribution in [0.25, 0.3) is 5.69 Å². The van der Waals surface area contributed by atoms with Gasteiger partial charge >= 0.3 is 0 Å². The van der Waals surface area contributed by atoms with Gasteiger partial charge in [0.25, 0.3) is 0 Å². The van der Waals surface area contributed by atoms with Crippen molar-refractivity contribution < 1.29 is 9.18 Å². The van der Waals surface area contributed by atoms with Gasteiger partial charge in [-0.15, -0.1) is 11.8 Å². The first kappa shape index (κ1) is 21.1. The Morgan fingerprint density at radius 2 is 1.86 bits per heavy atom. The summed E-state index contributed by atoms with van der Waals surface area (Å²) in [4.78, 5) is 12.0. The van der Waals surface area contributed by atoms with Crippen LogP contribution >= 0.6 is 23.4 Å². The van der Waals surface area contributed by atoms with Gasteiger partial charge in [-0.1, -0.05) is 23.7 Å². The van der Waals surface area contributed by atoms with Crippen molar-refractivity contribution in [1.82, 2.24) is 9.99 Å². The number of amides is 1. The predicted octanol–water partition coefficient (Wildman–Crippen LogP) is 5.27. The lowest BCUT2D eigenvalue weighted by Crippen LogP contribution is -2.19. The summed E-state index contributed by atoms with van der Waals surface area (Å²) >= 11 is 7.37. The minimum atomic E-state index is -0.269. The summed E-state index contributed by atoms with van der Waals surface area (Å²) in [5.41, 5.74) is 7.40. The second-order valence-corrected chi connectivity index (χ2v) is 7.97. The van der Waals surface area contributed by atoms with Crippen molar-refractivity contribution in [3.05, 3.63) is 88.0 Å². The molecule has 0 saturated carbocycles. The van der Waals surface area contributed by atoms with E-state index < -0.39 is 0 Å². The molecule has 29 heavy (non-hydrogen) atoms. The van der Waals surface area contributed by atoms with Crippen LogP contribution in [0.3, 0.4) is 0 Å². The minimum absolute atomic E-state index is 0.160. The van der Waals surface area contributed by atoms with Crippen molar-refractivity contribution >= 4 is 35.5 Å². The van der Waals surface area contributed by atoms with Crippen LogP contribution in [0.2, 0.25) is 5.02 Å². The number of hydrogen-bond acceptors (Lipinski definition) is 3. The van der Waals surface area contributed by atoms with Gasteiger partial charge in [-0.2, -0.15) is 5.10 Å². The lowest BCUT2D eigenvalue weighted by atomic mass is 10.2. The van der Waals surface area contributed by atoms with Gasteiger partial charge in [-0.05, 0) is 61.9 Å². The molecule has 1 N–H and O–H groups in total. The predicted molar refractivity (Wildman–Crippen MR) is 119 cm³/mol. The van der Waals surface area contributed by atoms with E-state index in [0.717, 1.165) is 34.0 Å². The molecule has 0 aliphatic carbocycles. The summed E-state index contributed by atoms with van der Waals surface area (Å²) in [7, 11) is 0. The van der Waals surface area contributed by atoms with Crippen molar-refractivity contribution in [2.75, 3.05) is 5.75 Å². The van der Waals surface area contributed by atoms with Gasteiger partial charge in [-0.25, -0.2) is 9.82 Å². The molecule has 0 aliphatic rings. The first-order valence-electron chi connectivity index (χ1n) is 9.03. The molecule has 0 saturated heterocycles. The molecule has 1 amide bonds. The summed E-state index contributed by atoms with van der Waals surface area (Å²) in [6, 6.07) is 15.9. The molecule has 1 heterocycles. The monoisotopic (exact) mass is 429 g/mol. The Morgan fingerprint density at radius 3 is 2.55 bits per heavy atom. The van der Waals surface area contributed by atoms with Crippen LogP contribution in [0.15, 0.2) is 59.7 Å². The number of hydrogen-bond donors (Lipinski definition) is 1. The summed E-state index contributed by atoms with van der Waals surface area (Å²) in [5, 5.41) is 4.77. The topological polar surface area (TPSA) is 46.4 Å². The number of nitrogens with one attached hydrogen (secondary N) is 1. The molecule has 0 atom stereocenters. The molecule has 3 aromatic rings. The van der Waals surface area contributed by atoms with Crippen molar-refractivity contribution in [3.8, 4) is 5.69 Å². The van der Waals surface area contributed by atoms with E-state index in [2.05, 4.69) is 10.5 Å². The van der Waals surface area contributed by atoms with Crippen LogP contribution in [-0.4, -0.2) is 22.4 Å². The fourth-order valence-electron chi connectivity index (χ4n) is 2.95. The molecule has 0 radical (unpaired) electrons. The third kappa shape index (κ3) is 5.71. The first-order chi connectivity index (χ1) is 13.9. The molecule has 3 rings (SSSR count). The average Bonchev–Trinajstić information content (AvgIpc) is 2.98. The van der Waals surface area contributed by atoms with E-state index in [1.54, 1.807) is 18.3 Å². The number of aryl methyl sites for hydroxylation is 1. The average molecular weight is 430 g/mol. The summed E-state index contributed by atoms with van der Waals surface area (Å²) in [6.45, 7) is 3.93. The maximum absolute atomic E-state index is 13.2. The molecule has 0 bridgehead atoms. The highest BCUT2D eigenvalue weighted by Crippen LogP contribution is 2.20. The molecule has 1 aromatic heterocycles. The number of aromatic nitrogens is 1. The Hall–Kier alpha value is -2.57. The second kappa shape index (κ2) is 9.76. The lowest BCUT2D eigenvalue weighted by Gasteiger charge is -2.09. The first-order valence-corrected chi connectivity index (χ1v) is 10.6. The number of carbonyl (C=O) groups is 1. The van der Waals surface area contributed by atoms with Crippen LogP contribution in [0.1, 0.15) is 22.5 Å². The van der Waals surface area contributed by atoms with E-state index in [1.165, 1.54) is 23.9 Å². The van der Waals surface area contributed by atoms with Gasteiger partial charge in [0.1, 0.15) is 5.82 Å². The number of hydrazone groups is 1. The molecule has 0 fully saturated rings. The van der Waals surface area contributed by atoms with Crippen molar-refractivity contribution in [2.24, 2.45) is 5.10 Å². The molecule has 7 heteroatoms. The van der Waals surface area contributed by atoms with Crippen LogP contribution in [-0.2, 0) is 10.5 Å². The van der Waals surface area contributed by atoms with Crippen LogP contribution in [0.5, 0.6) is 0 Å². The molecular formula is C22H21ClFN3OS. The molecular weight excluding hydrogens is 409 g/mol. The van der Waals surface area contributed by atoms with Gasteiger partial charge in [0.05, 0.1) is 12.0 Å². The number of rotatable bonds is 7. The maximum Gasteiger partial charge on any atom is 0.250 e. The van der Waals surface area contributed by atoms with Crippen molar-refractivity contribution in [3.63, 3.8) is 0 Å². The standard InChI is InChI=1S/C22H21ClFN3OS/c1-15-11-18(16(2)27(15)21-9-7-20(24)8-10-21)12-25-26-22(28)14-29-13-17-3-5-19(23)6-4-17/h3-12H,13-14H2,1-2H3,(H,26,28)/b25-12-. The Balaban J connectivity index is 1.54. The smallest absolute Gasteiger partial charge is 0.250 e. The lowest BCUT2D eigenvalue weighted by molar-refractivity contribution is -0.118. The van der Waals surface area contributed by atoms with Gasteiger partial charge in [0.2, 0.25) is 5.91 Å². The molecule has 2 aromatic carbocycles. The largest absolute Gasteiger partial charge is 0.318 e. The number of benzene rings is 2. The molecule has 4 nitrogen and oxygen atoms in total. The third-order valence-electron chi connectivity index (χ3n) is 4.36.